The minimum absolute atomic E-state index is 0.106. The Labute approximate surface area is 210 Å². The van der Waals surface area contributed by atoms with Crippen molar-refractivity contribution < 1.29 is 18.9 Å². The Morgan fingerprint density at radius 2 is 1.39 bits per heavy atom. The van der Waals surface area contributed by atoms with E-state index >= 15 is 0 Å². The Balaban J connectivity index is 1.72. The summed E-state index contributed by atoms with van der Waals surface area (Å²) in [5.74, 6) is 2.92. The molecule has 0 N–H and O–H groups in total. The van der Waals surface area contributed by atoms with Gasteiger partial charge in [-0.15, -0.1) is 0 Å². The molecule has 2 aliphatic rings. The van der Waals surface area contributed by atoms with E-state index in [1.54, 1.807) is 14.2 Å². The van der Waals surface area contributed by atoms with E-state index in [4.69, 9.17) is 23.9 Å². The molecule has 4 aromatic carbocycles. The van der Waals surface area contributed by atoms with Gasteiger partial charge in [-0.3, -0.25) is 0 Å². The third kappa shape index (κ3) is 3.14. The van der Waals surface area contributed by atoms with E-state index in [1.165, 1.54) is 0 Å². The number of para-hydroxylation sites is 1. The van der Waals surface area contributed by atoms with Crippen LogP contribution in [0.5, 0.6) is 23.0 Å². The van der Waals surface area contributed by atoms with Crippen molar-refractivity contribution in [2.45, 2.75) is 5.54 Å². The van der Waals surface area contributed by atoms with Gasteiger partial charge in [0, 0.05) is 18.3 Å². The molecule has 0 unspecified atom stereocenters. The molecule has 0 aliphatic carbocycles. The molecule has 0 radical (unpaired) electrons. The lowest BCUT2D eigenvalue weighted by Gasteiger charge is -2.41. The first-order valence-electron chi connectivity index (χ1n) is 11.8. The van der Waals surface area contributed by atoms with Crippen molar-refractivity contribution in [3.05, 3.63) is 113 Å². The van der Waals surface area contributed by atoms with Gasteiger partial charge in [0.1, 0.15) is 11.4 Å². The van der Waals surface area contributed by atoms with E-state index < -0.39 is 5.54 Å². The van der Waals surface area contributed by atoms with Gasteiger partial charge in [-0.1, -0.05) is 78.9 Å². The van der Waals surface area contributed by atoms with Crippen molar-refractivity contribution in [1.29, 1.82) is 0 Å². The van der Waals surface area contributed by atoms with E-state index in [-0.39, 0.29) is 6.79 Å². The van der Waals surface area contributed by atoms with Crippen molar-refractivity contribution in [1.82, 2.24) is 0 Å². The van der Waals surface area contributed by atoms with E-state index in [2.05, 4.69) is 77.7 Å². The second-order valence-electron chi connectivity index (χ2n) is 8.68. The molecule has 180 valence electrons. The molecule has 0 bridgehead atoms. The van der Waals surface area contributed by atoms with Crippen LogP contribution in [0.2, 0.25) is 0 Å². The van der Waals surface area contributed by atoms with Gasteiger partial charge in [-0.2, -0.15) is 0 Å². The van der Waals surface area contributed by atoms with Crippen molar-refractivity contribution in [2.24, 2.45) is 4.99 Å². The molecule has 0 amide bonds. The lowest BCUT2D eigenvalue weighted by atomic mass is 9.75. The molecule has 0 atom stereocenters. The van der Waals surface area contributed by atoms with Crippen LogP contribution in [-0.4, -0.2) is 33.9 Å². The second kappa shape index (κ2) is 8.64. The first-order valence-corrected chi connectivity index (χ1v) is 11.8. The topological polar surface area (TPSA) is 52.5 Å². The zero-order valence-electron chi connectivity index (χ0n) is 20.4. The van der Waals surface area contributed by atoms with E-state index in [1.807, 2.05) is 25.2 Å². The van der Waals surface area contributed by atoms with Crippen molar-refractivity contribution in [2.75, 3.05) is 33.0 Å². The summed E-state index contributed by atoms with van der Waals surface area (Å²) in [5, 5.41) is 0. The van der Waals surface area contributed by atoms with E-state index in [0.717, 1.165) is 33.8 Å². The minimum atomic E-state index is -0.782. The lowest BCUT2D eigenvalue weighted by Crippen LogP contribution is -2.41. The summed E-state index contributed by atoms with van der Waals surface area (Å²) in [6, 6.07) is 31.1. The summed E-state index contributed by atoms with van der Waals surface area (Å²) in [4.78, 5) is 7.66. The molecule has 36 heavy (non-hydrogen) atoms. The molecule has 6 heteroatoms. The van der Waals surface area contributed by atoms with Crippen LogP contribution in [0.25, 0.3) is 0 Å². The molecule has 2 heterocycles. The SMILES string of the molecule is COc1cc(C2=NC(c3ccccc3)(c3ccccc3)c3ccccc3N2C)c(OC)c2c1OCO2. The van der Waals surface area contributed by atoms with Crippen molar-refractivity contribution in [3.8, 4) is 23.0 Å². The van der Waals surface area contributed by atoms with Crippen LogP contribution in [0.3, 0.4) is 0 Å². The average Bonchev–Trinajstić information content (AvgIpc) is 3.44. The molecule has 6 rings (SSSR count). The Hall–Kier alpha value is -4.45. The number of ether oxygens (including phenoxy) is 4. The fourth-order valence-corrected chi connectivity index (χ4v) is 5.22. The van der Waals surface area contributed by atoms with Gasteiger partial charge in [-0.25, -0.2) is 4.99 Å². The molecule has 2 aliphatic heterocycles. The Kier molecular flexibility index (Phi) is 5.29. The Bertz CT molecular complexity index is 1410. The van der Waals surface area contributed by atoms with Gasteiger partial charge < -0.3 is 23.8 Å². The molecular formula is C30H26N2O4. The molecule has 0 saturated heterocycles. The predicted octanol–water partition coefficient (Wildman–Crippen LogP) is 5.62. The van der Waals surface area contributed by atoms with Crippen molar-refractivity contribution >= 4 is 11.5 Å². The second-order valence-corrected chi connectivity index (χ2v) is 8.68. The summed E-state index contributed by atoms with van der Waals surface area (Å²) in [6.07, 6.45) is 0. The number of amidine groups is 1. The molecule has 4 aromatic rings. The van der Waals surface area contributed by atoms with Crippen LogP contribution in [-0.2, 0) is 5.54 Å². The maximum absolute atomic E-state index is 5.89. The quantitative estimate of drug-likeness (QED) is 0.373. The summed E-state index contributed by atoms with van der Waals surface area (Å²) in [6.45, 7) is 0.106. The monoisotopic (exact) mass is 478 g/mol. The van der Waals surface area contributed by atoms with Gasteiger partial charge in [0.15, 0.2) is 11.5 Å². The number of benzene rings is 4. The van der Waals surface area contributed by atoms with Crippen LogP contribution in [0.4, 0.5) is 5.69 Å². The minimum Gasteiger partial charge on any atom is -0.493 e. The number of nitrogens with zero attached hydrogens (tertiary/aromatic N) is 2. The fourth-order valence-electron chi connectivity index (χ4n) is 5.22. The predicted molar refractivity (Wildman–Crippen MR) is 140 cm³/mol. The van der Waals surface area contributed by atoms with Crippen LogP contribution >= 0.6 is 0 Å². The number of anilines is 1. The third-order valence-corrected chi connectivity index (χ3v) is 6.86. The zero-order chi connectivity index (χ0) is 24.7. The summed E-state index contributed by atoms with van der Waals surface area (Å²) < 4.78 is 23.1. The number of hydrogen-bond donors (Lipinski definition) is 0. The molecule has 0 aromatic heterocycles. The summed E-state index contributed by atoms with van der Waals surface area (Å²) >= 11 is 0. The van der Waals surface area contributed by atoms with E-state index in [9.17, 15) is 0 Å². The number of hydrogen-bond acceptors (Lipinski definition) is 6. The molecule has 6 nitrogen and oxygen atoms in total. The summed E-state index contributed by atoms with van der Waals surface area (Å²) in [7, 11) is 5.27. The molecule has 0 fully saturated rings. The van der Waals surface area contributed by atoms with E-state index in [0.29, 0.717) is 23.0 Å². The highest BCUT2D eigenvalue weighted by Crippen LogP contribution is 2.52. The number of fused-ring (bicyclic) bond motifs is 2. The maximum atomic E-state index is 5.89. The number of rotatable bonds is 5. The summed E-state index contributed by atoms with van der Waals surface area (Å²) in [5.41, 5.74) is 4.26. The van der Waals surface area contributed by atoms with Crippen LogP contribution in [0, 0.1) is 0 Å². The van der Waals surface area contributed by atoms with Gasteiger partial charge in [0.2, 0.25) is 18.3 Å². The average molecular weight is 479 g/mol. The third-order valence-electron chi connectivity index (χ3n) is 6.86. The van der Waals surface area contributed by atoms with Crippen molar-refractivity contribution in [3.63, 3.8) is 0 Å². The van der Waals surface area contributed by atoms with Gasteiger partial charge in [0.05, 0.1) is 19.8 Å². The fraction of sp³-hybridized carbons (Fsp3) is 0.167. The smallest absolute Gasteiger partial charge is 0.231 e. The highest BCUT2D eigenvalue weighted by Gasteiger charge is 2.43. The van der Waals surface area contributed by atoms with Crippen LogP contribution < -0.4 is 23.8 Å². The highest BCUT2D eigenvalue weighted by atomic mass is 16.7. The largest absolute Gasteiger partial charge is 0.493 e. The lowest BCUT2D eigenvalue weighted by molar-refractivity contribution is 0.168. The molecule has 0 saturated carbocycles. The first kappa shape index (κ1) is 22.0. The number of aliphatic imine (C=N–C) groups is 1. The first-order chi connectivity index (χ1) is 17.7. The Morgan fingerprint density at radius 3 is 2.03 bits per heavy atom. The molecular weight excluding hydrogens is 452 g/mol. The van der Waals surface area contributed by atoms with Gasteiger partial charge >= 0.3 is 0 Å². The Morgan fingerprint density at radius 1 is 0.778 bits per heavy atom. The molecule has 0 spiro atoms. The van der Waals surface area contributed by atoms with Crippen LogP contribution in [0.15, 0.2) is 96.0 Å². The standard InChI is InChI=1S/C30H26N2O4/c1-32-24-17-11-10-16-23(24)30(20-12-6-4-7-13-20,21-14-8-5-9-15-21)31-29(32)22-18-25(33-2)27-28(26(22)34-3)36-19-35-27/h4-18H,19H2,1-3H3. The highest BCUT2D eigenvalue weighted by molar-refractivity contribution is 6.14. The zero-order valence-corrected chi connectivity index (χ0v) is 20.4. The maximum Gasteiger partial charge on any atom is 0.231 e. The van der Waals surface area contributed by atoms with Crippen LogP contribution in [0.1, 0.15) is 22.3 Å². The van der Waals surface area contributed by atoms with Gasteiger partial charge in [0.25, 0.3) is 0 Å². The normalized spacial score (nSPS) is 15.2. The number of methoxy groups -OCH3 is 2. The van der Waals surface area contributed by atoms with Gasteiger partial charge in [-0.05, 0) is 23.3 Å².